The van der Waals surface area contributed by atoms with Crippen LogP contribution in [0.2, 0.25) is 5.02 Å². The molecule has 9 rings (SSSR count). The van der Waals surface area contributed by atoms with Crippen LogP contribution < -0.4 is 15.4 Å². The van der Waals surface area contributed by atoms with Crippen LogP contribution in [0, 0.1) is 39.5 Å². The Morgan fingerprint density at radius 1 is 0.928 bits per heavy atom. The first-order chi connectivity index (χ1) is 33.2. The van der Waals surface area contributed by atoms with Gasteiger partial charge in [0.15, 0.2) is 5.82 Å². The molecule has 4 atom stereocenters. The van der Waals surface area contributed by atoms with Gasteiger partial charge in [0.25, 0.3) is 0 Å². The van der Waals surface area contributed by atoms with Crippen molar-refractivity contribution in [2.75, 3.05) is 19.7 Å². The molecule has 7 aromatic rings. The highest BCUT2D eigenvalue weighted by atomic mass is 35.5. The third-order valence-electron chi connectivity index (χ3n) is 12.9. The minimum Gasteiger partial charge on any atom is -0.492 e. The van der Waals surface area contributed by atoms with Crippen molar-refractivity contribution in [1.82, 2.24) is 45.1 Å². The molecule has 2 aliphatic rings. The van der Waals surface area contributed by atoms with E-state index in [1.807, 2.05) is 105 Å². The molecule has 17 heteroatoms. The molecule has 0 saturated carbocycles. The number of rotatable bonds is 15. The van der Waals surface area contributed by atoms with Gasteiger partial charge in [-0.25, -0.2) is 4.98 Å². The van der Waals surface area contributed by atoms with Gasteiger partial charge in [0.2, 0.25) is 17.7 Å². The number of ether oxygens (including phenoxy) is 1. The van der Waals surface area contributed by atoms with E-state index in [1.165, 1.54) is 4.88 Å². The number of halogens is 1. The molecule has 14 nitrogen and oxygen atoms in total. The maximum Gasteiger partial charge on any atom is 0.248 e. The Labute approximate surface area is 414 Å². The Hall–Kier alpha value is -6.49. The molecule has 2 aliphatic heterocycles. The lowest BCUT2D eigenvalue weighted by atomic mass is 9.99. The van der Waals surface area contributed by atoms with E-state index in [4.69, 9.17) is 26.4 Å². The number of fused-ring (bicyclic) bond motifs is 3. The van der Waals surface area contributed by atoms with Crippen LogP contribution in [0.4, 0.5) is 0 Å². The number of likely N-dealkylation sites (tertiary alicyclic amines) is 1. The zero-order chi connectivity index (χ0) is 48.5. The van der Waals surface area contributed by atoms with Crippen LogP contribution in [-0.2, 0) is 20.9 Å². The molecule has 0 radical (unpaired) electrons. The minimum absolute atomic E-state index is 0.0657. The van der Waals surface area contributed by atoms with Gasteiger partial charge < -0.3 is 20.3 Å². The number of amides is 3. The molecule has 0 bridgehead atoms. The second-order valence-corrected chi connectivity index (χ2v) is 20.8. The topological polar surface area (TPSA) is 162 Å². The summed E-state index contributed by atoms with van der Waals surface area (Å²) < 4.78 is 9.89. The molecule has 1 fully saturated rings. The summed E-state index contributed by atoms with van der Waals surface area (Å²) in [5.41, 5.74) is 10.4. The van der Waals surface area contributed by atoms with Gasteiger partial charge in [0, 0.05) is 45.9 Å². The highest BCUT2D eigenvalue weighted by molar-refractivity contribution is 7.15. The average Bonchev–Trinajstić information content (AvgIpc) is 4.18. The van der Waals surface area contributed by atoms with Gasteiger partial charge in [-0.1, -0.05) is 80.9 Å². The summed E-state index contributed by atoms with van der Waals surface area (Å²) >= 11 is 9.55. The number of carbonyl (C=O) groups excluding carboxylic acids is 3. The van der Waals surface area contributed by atoms with Crippen LogP contribution in [0.1, 0.15) is 90.2 Å². The smallest absolute Gasteiger partial charge is 0.248 e. The van der Waals surface area contributed by atoms with Gasteiger partial charge >= 0.3 is 0 Å². The number of benzene rings is 3. The molecule has 0 spiro atoms. The molecular formula is C52H55ClN10O4S2. The lowest BCUT2D eigenvalue weighted by Gasteiger charge is -2.30. The Morgan fingerprint density at radius 3 is 2.43 bits per heavy atom. The fraction of sp³-hybridized carbons (Fsp3) is 0.346. The Morgan fingerprint density at radius 2 is 1.70 bits per heavy atom. The van der Waals surface area contributed by atoms with Crippen LogP contribution in [0.15, 0.2) is 95.7 Å². The SMILES string of the molecule is Cc1ncsc1-c1ccc(CNC(=O)[C@@H]2C[C@@H](C)CN2C(=O)[C@@H](C(C)C)n2cc(-c3cccc(OCCNC(=O)CC4N=C(c5ccc(Cl)cc5)c5c(sc(C)c5C)-n5c(C)nnc54)c3)cn2)cc1. The Kier molecular flexibility index (Phi) is 13.9. The van der Waals surface area contributed by atoms with E-state index >= 15 is 0 Å². The molecule has 69 heavy (non-hydrogen) atoms. The third kappa shape index (κ3) is 10.0. The number of thiazole rings is 1. The fourth-order valence-corrected chi connectivity index (χ4v) is 11.4. The second kappa shape index (κ2) is 20.2. The number of hydrogen-bond acceptors (Lipinski definition) is 11. The number of aliphatic imine (C=N–C) groups is 1. The summed E-state index contributed by atoms with van der Waals surface area (Å²) in [5, 5.41) is 21.4. The van der Waals surface area contributed by atoms with Crippen LogP contribution in [0.5, 0.6) is 5.75 Å². The first kappa shape index (κ1) is 47.6. The van der Waals surface area contributed by atoms with Crippen LogP contribution in [0.3, 0.4) is 0 Å². The van der Waals surface area contributed by atoms with E-state index in [-0.39, 0.29) is 49.1 Å². The van der Waals surface area contributed by atoms with Gasteiger partial charge in [0.05, 0.1) is 41.0 Å². The number of nitrogens with one attached hydrogen (secondary N) is 2. The molecule has 3 amide bonds. The van der Waals surface area contributed by atoms with Crippen molar-refractivity contribution >= 4 is 57.7 Å². The van der Waals surface area contributed by atoms with Crippen molar-refractivity contribution in [3.8, 4) is 32.3 Å². The van der Waals surface area contributed by atoms with Gasteiger partial charge in [0.1, 0.15) is 41.3 Å². The summed E-state index contributed by atoms with van der Waals surface area (Å²) in [4.78, 5) is 55.3. The average molecular weight is 984 g/mol. The van der Waals surface area contributed by atoms with Crippen LogP contribution in [0.25, 0.3) is 26.6 Å². The maximum absolute atomic E-state index is 14.4. The number of aryl methyl sites for hydroxylation is 3. The van der Waals surface area contributed by atoms with Gasteiger partial charge in [-0.15, -0.1) is 32.9 Å². The van der Waals surface area contributed by atoms with Crippen molar-refractivity contribution in [1.29, 1.82) is 0 Å². The first-order valence-electron chi connectivity index (χ1n) is 23.2. The summed E-state index contributed by atoms with van der Waals surface area (Å²) in [6, 6.07) is 21.6. The van der Waals surface area contributed by atoms with E-state index in [0.717, 1.165) is 66.1 Å². The number of hydrogen-bond donors (Lipinski definition) is 2. The van der Waals surface area contributed by atoms with E-state index < -0.39 is 18.1 Å². The van der Waals surface area contributed by atoms with Gasteiger partial charge in [-0.05, 0) is 92.5 Å². The first-order valence-corrected chi connectivity index (χ1v) is 25.3. The van der Waals surface area contributed by atoms with E-state index in [9.17, 15) is 14.4 Å². The van der Waals surface area contributed by atoms with E-state index in [0.29, 0.717) is 36.1 Å². The van der Waals surface area contributed by atoms with Gasteiger partial charge in [-0.3, -0.25) is 28.6 Å². The third-order valence-corrected chi connectivity index (χ3v) is 15.3. The minimum atomic E-state index is -0.612. The van der Waals surface area contributed by atoms with Crippen molar-refractivity contribution in [3.63, 3.8) is 0 Å². The molecule has 6 heterocycles. The summed E-state index contributed by atoms with van der Waals surface area (Å²) in [7, 11) is 0. The summed E-state index contributed by atoms with van der Waals surface area (Å²) in [5.74, 6) is 1.56. The van der Waals surface area contributed by atoms with E-state index in [2.05, 4.69) is 58.7 Å². The highest BCUT2D eigenvalue weighted by Crippen LogP contribution is 2.40. The molecule has 1 saturated heterocycles. The number of thiophene rings is 1. The molecule has 3 aromatic carbocycles. The lowest BCUT2D eigenvalue weighted by Crippen LogP contribution is -2.48. The molecule has 1 unspecified atom stereocenters. The fourth-order valence-electron chi connectivity index (χ4n) is 9.22. The maximum atomic E-state index is 14.4. The lowest BCUT2D eigenvalue weighted by molar-refractivity contribution is -0.142. The quantitative estimate of drug-likeness (QED) is 0.0961. The zero-order valence-corrected chi connectivity index (χ0v) is 42.1. The van der Waals surface area contributed by atoms with Crippen molar-refractivity contribution in [2.24, 2.45) is 16.8 Å². The molecular weight excluding hydrogens is 928 g/mol. The summed E-state index contributed by atoms with van der Waals surface area (Å²) in [6.45, 7) is 15.6. The van der Waals surface area contributed by atoms with Crippen molar-refractivity contribution in [3.05, 3.63) is 140 Å². The Balaban J connectivity index is 0.817. The number of aromatic nitrogens is 6. The Bertz CT molecular complexity index is 3040. The predicted molar refractivity (Wildman–Crippen MR) is 271 cm³/mol. The molecule has 0 aliphatic carbocycles. The highest BCUT2D eigenvalue weighted by Gasteiger charge is 2.42. The second-order valence-electron chi connectivity index (χ2n) is 18.3. The van der Waals surface area contributed by atoms with Gasteiger partial charge in [-0.2, -0.15) is 5.10 Å². The monoisotopic (exact) mass is 982 g/mol. The van der Waals surface area contributed by atoms with E-state index in [1.54, 1.807) is 38.5 Å². The molecule has 2 N–H and O–H groups in total. The van der Waals surface area contributed by atoms with Crippen molar-refractivity contribution < 1.29 is 19.1 Å². The normalized spacial score (nSPS) is 17.0. The molecule has 4 aromatic heterocycles. The zero-order valence-electron chi connectivity index (χ0n) is 39.7. The number of nitrogens with zero attached hydrogens (tertiary/aromatic N) is 8. The largest absolute Gasteiger partial charge is 0.492 e. The van der Waals surface area contributed by atoms with Crippen LogP contribution >= 0.6 is 34.3 Å². The molecule has 356 valence electrons. The van der Waals surface area contributed by atoms with Crippen LogP contribution in [-0.4, -0.2) is 83.6 Å². The summed E-state index contributed by atoms with van der Waals surface area (Å²) in [6.07, 6.45) is 4.29. The predicted octanol–water partition coefficient (Wildman–Crippen LogP) is 9.43. The standard InChI is InChI=1S/C52H55ClN10O4S2/c1-29(2)47(51(66)61-26-30(3)21-43(61)50(65)55-24-35-11-13-37(14-12-35)48-32(5)56-28-68-48)62-27-39(25-57-62)38-9-8-10-41(22-38)67-20-19-54-44(64)23-42-49-60-59-34(7)63(49)52-45(31(4)33(6)69-52)46(58-42)36-15-17-40(53)18-16-36/h8-18,22,25,27-30,42-43,47H,19-21,23-24,26H2,1-7H3,(H,54,64)(H,55,65)/t30-,42?,43+,47-/m1/s1. The van der Waals surface area contributed by atoms with Crippen molar-refractivity contribution in [2.45, 2.75) is 86.0 Å². The number of carbonyl (C=O) groups is 3.